The summed E-state index contributed by atoms with van der Waals surface area (Å²) in [6.45, 7) is 7.13. The number of rotatable bonds is 8. The SMILES string of the molecule is O=C1CCC(n2cc3cc(CN4CCC(N5CCN(c6cccc(-c7cnc8ccc(N9CCC[C@@H]9c9cccc(F)c9)nn78)n6)CC5)CC4)cc(F)c3c2)C(=O)N1. The average molecular weight is 785 g/mol. The second-order valence-electron chi connectivity index (χ2n) is 16.2. The summed E-state index contributed by atoms with van der Waals surface area (Å²) in [6, 6.07) is 20.8. The molecule has 14 heteroatoms. The molecular formula is C44H46F2N10O2. The van der Waals surface area contributed by atoms with Crippen molar-refractivity contribution in [1.29, 1.82) is 0 Å². The summed E-state index contributed by atoms with van der Waals surface area (Å²) in [5.41, 5.74) is 4.30. The lowest BCUT2D eigenvalue weighted by molar-refractivity contribution is -0.135. The second-order valence-corrected chi connectivity index (χ2v) is 16.2. The number of halogens is 2. The van der Waals surface area contributed by atoms with Gasteiger partial charge in [0.1, 0.15) is 35.0 Å². The van der Waals surface area contributed by atoms with E-state index in [0.717, 1.165) is 117 Å². The molecule has 0 bridgehead atoms. The minimum Gasteiger partial charge on any atom is -0.354 e. The van der Waals surface area contributed by atoms with Crippen molar-refractivity contribution in [3.05, 3.63) is 108 Å². The number of anilines is 2. The Hall–Kier alpha value is -5.73. The molecule has 4 aliphatic rings. The van der Waals surface area contributed by atoms with Gasteiger partial charge >= 0.3 is 0 Å². The van der Waals surface area contributed by atoms with Crippen LogP contribution in [0.4, 0.5) is 20.4 Å². The molecule has 0 aliphatic carbocycles. The number of benzene rings is 2. The highest BCUT2D eigenvalue weighted by atomic mass is 19.1. The van der Waals surface area contributed by atoms with E-state index in [1.807, 2.05) is 47.2 Å². The second kappa shape index (κ2) is 15.2. The number of pyridine rings is 1. The number of hydrogen-bond acceptors (Lipinski definition) is 9. The molecule has 1 unspecified atom stereocenters. The van der Waals surface area contributed by atoms with Crippen LogP contribution in [0.5, 0.6) is 0 Å². The van der Waals surface area contributed by atoms with Gasteiger partial charge in [-0.25, -0.2) is 23.3 Å². The first-order chi connectivity index (χ1) is 28.3. The van der Waals surface area contributed by atoms with Gasteiger partial charge in [0.05, 0.1) is 17.9 Å². The lowest BCUT2D eigenvalue weighted by atomic mass is 10.0. The largest absolute Gasteiger partial charge is 0.354 e. The Morgan fingerprint density at radius 2 is 1.64 bits per heavy atom. The summed E-state index contributed by atoms with van der Waals surface area (Å²) in [7, 11) is 0. The minimum absolute atomic E-state index is 0.0718. The number of fused-ring (bicyclic) bond motifs is 2. The van der Waals surface area contributed by atoms with E-state index in [1.165, 1.54) is 6.07 Å². The number of hydrogen-bond donors (Lipinski definition) is 1. The van der Waals surface area contributed by atoms with Gasteiger partial charge < -0.3 is 14.4 Å². The molecule has 6 aromatic rings. The highest BCUT2D eigenvalue weighted by Gasteiger charge is 2.31. The average Bonchev–Trinajstić information content (AvgIpc) is 4.01. The van der Waals surface area contributed by atoms with Crippen molar-refractivity contribution < 1.29 is 18.4 Å². The fourth-order valence-electron chi connectivity index (χ4n) is 9.58. The molecule has 0 radical (unpaired) electrons. The fraction of sp³-hybridized carbons (Fsp3) is 0.386. The maximum absolute atomic E-state index is 15.3. The Kier molecular flexibility index (Phi) is 9.60. The summed E-state index contributed by atoms with van der Waals surface area (Å²) in [5.74, 6) is 0.679. The normalized spacial score (nSPS) is 21.4. The first kappa shape index (κ1) is 36.6. The summed E-state index contributed by atoms with van der Waals surface area (Å²) in [4.78, 5) is 43.5. The maximum atomic E-state index is 15.3. The van der Waals surface area contributed by atoms with Gasteiger partial charge in [-0.15, -0.1) is 5.10 Å². The van der Waals surface area contributed by atoms with Crippen LogP contribution in [-0.2, 0) is 16.1 Å². The number of piperidine rings is 2. The van der Waals surface area contributed by atoms with E-state index in [2.05, 4.69) is 42.0 Å². The molecule has 2 aromatic carbocycles. The fourth-order valence-corrected chi connectivity index (χ4v) is 9.58. The number of nitrogens with one attached hydrogen (secondary N) is 1. The van der Waals surface area contributed by atoms with Gasteiger partial charge in [0, 0.05) is 74.9 Å². The van der Waals surface area contributed by atoms with Crippen LogP contribution >= 0.6 is 0 Å². The van der Waals surface area contributed by atoms with Crippen LogP contribution in [-0.4, -0.2) is 97.6 Å². The van der Waals surface area contributed by atoms with Gasteiger partial charge in [-0.05, 0) is 105 Å². The minimum atomic E-state index is -0.504. The molecule has 4 aliphatic heterocycles. The molecule has 2 atom stereocenters. The molecule has 0 saturated carbocycles. The van der Waals surface area contributed by atoms with Crippen LogP contribution in [0.3, 0.4) is 0 Å². The van der Waals surface area contributed by atoms with E-state index in [9.17, 15) is 14.0 Å². The van der Waals surface area contributed by atoms with Crippen molar-refractivity contribution in [2.45, 2.75) is 63.2 Å². The lowest BCUT2D eigenvalue weighted by Gasteiger charge is -2.43. The van der Waals surface area contributed by atoms with Crippen LogP contribution in [0.25, 0.3) is 27.8 Å². The summed E-state index contributed by atoms with van der Waals surface area (Å²) < 4.78 is 33.0. The Balaban J connectivity index is 0.756. The Labute approximate surface area is 335 Å². The summed E-state index contributed by atoms with van der Waals surface area (Å²) >= 11 is 0. The van der Waals surface area contributed by atoms with Crippen molar-refractivity contribution >= 4 is 39.9 Å². The quantitative estimate of drug-likeness (QED) is 0.183. The highest BCUT2D eigenvalue weighted by Crippen LogP contribution is 2.36. The maximum Gasteiger partial charge on any atom is 0.249 e. The number of piperazine rings is 1. The molecule has 10 rings (SSSR count). The third kappa shape index (κ3) is 7.08. The summed E-state index contributed by atoms with van der Waals surface area (Å²) in [6.07, 6.45) is 10.1. The molecule has 2 amide bonds. The van der Waals surface area contributed by atoms with Gasteiger partial charge in [0.15, 0.2) is 5.65 Å². The monoisotopic (exact) mass is 784 g/mol. The topological polar surface area (TPSA) is 107 Å². The van der Waals surface area contributed by atoms with Crippen LogP contribution in [0, 0.1) is 11.6 Å². The van der Waals surface area contributed by atoms with Crippen LogP contribution in [0.15, 0.2) is 85.3 Å². The zero-order valence-corrected chi connectivity index (χ0v) is 32.3. The first-order valence-corrected chi connectivity index (χ1v) is 20.5. The van der Waals surface area contributed by atoms with E-state index in [0.29, 0.717) is 24.4 Å². The lowest BCUT2D eigenvalue weighted by Crippen LogP contribution is -2.53. The molecule has 12 nitrogen and oxygen atoms in total. The zero-order valence-electron chi connectivity index (χ0n) is 32.3. The Morgan fingerprint density at radius 1 is 0.793 bits per heavy atom. The number of amides is 2. The van der Waals surface area contributed by atoms with E-state index < -0.39 is 6.04 Å². The van der Waals surface area contributed by atoms with Gasteiger partial charge in [-0.3, -0.25) is 24.7 Å². The number of likely N-dealkylation sites (tertiary alicyclic amines) is 1. The van der Waals surface area contributed by atoms with Crippen LogP contribution < -0.4 is 15.1 Å². The van der Waals surface area contributed by atoms with Crippen molar-refractivity contribution in [2.24, 2.45) is 0 Å². The van der Waals surface area contributed by atoms with Gasteiger partial charge in [0.25, 0.3) is 0 Å². The third-order valence-electron chi connectivity index (χ3n) is 12.6. The number of imide groups is 1. The molecule has 4 aromatic heterocycles. The molecule has 58 heavy (non-hydrogen) atoms. The van der Waals surface area contributed by atoms with E-state index in [4.69, 9.17) is 10.1 Å². The van der Waals surface area contributed by atoms with Crippen molar-refractivity contribution in [3.63, 3.8) is 0 Å². The number of imidazole rings is 1. The Bertz CT molecular complexity index is 2500. The van der Waals surface area contributed by atoms with Crippen molar-refractivity contribution in [3.8, 4) is 11.4 Å². The first-order valence-electron chi connectivity index (χ1n) is 20.5. The molecular weight excluding hydrogens is 739 g/mol. The van der Waals surface area contributed by atoms with E-state index >= 15 is 4.39 Å². The summed E-state index contributed by atoms with van der Waals surface area (Å²) in [5, 5.41) is 8.70. The van der Waals surface area contributed by atoms with Crippen molar-refractivity contribution in [1.82, 2.24) is 39.3 Å². The van der Waals surface area contributed by atoms with Gasteiger partial charge in [-0.1, -0.05) is 18.2 Å². The van der Waals surface area contributed by atoms with E-state index in [1.54, 1.807) is 29.0 Å². The smallest absolute Gasteiger partial charge is 0.249 e. The number of nitrogens with zero attached hydrogens (tertiary/aromatic N) is 9. The Morgan fingerprint density at radius 3 is 2.47 bits per heavy atom. The number of aromatic nitrogens is 5. The standard InChI is InChI=1S/C44H46F2N10O2/c45-32-5-1-4-30(24-32)37-7-3-15-55(37)42-11-10-40-47-25-39(56(40)50-42)36-6-2-8-41(48-36)53-20-18-52(19-21-53)33-13-16-51(17-14-33)26-29-22-31-27-54(28-34(31)35(46)23-29)38-9-12-43(57)49-44(38)58/h1-2,4-6,8,10-11,22-25,27-28,33,37-38H,3,7,9,12-21,26H2,(H,49,57,58)/t37-,38?/m1/s1. The highest BCUT2D eigenvalue weighted by molar-refractivity contribution is 5.99. The molecule has 0 spiro atoms. The molecule has 4 fully saturated rings. The molecule has 298 valence electrons. The number of carbonyl (C=O) groups is 2. The molecule has 1 N–H and O–H groups in total. The third-order valence-corrected chi connectivity index (χ3v) is 12.6. The predicted octanol–water partition coefficient (Wildman–Crippen LogP) is 6.13. The predicted molar refractivity (Wildman–Crippen MR) is 217 cm³/mol. The molecule has 8 heterocycles. The number of carbonyl (C=O) groups excluding carboxylic acids is 2. The van der Waals surface area contributed by atoms with Gasteiger partial charge in [0.2, 0.25) is 11.8 Å². The molecule has 4 saturated heterocycles. The zero-order chi connectivity index (χ0) is 39.3. The van der Waals surface area contributed by atoms with E-state index in [-0.39, 0.29) is 35.9 Å². The van der Waals surface area contributed by atoms with Crippen molar-refractivity contribution in [2.75, 3.05) is 55.6 Å². The van der Waals surface area contributed by atoms with Gasteiger partial charge in [-0.2, -0.15) is 0 Å². The van der Waals surface area contributed by atoms with Crippen LogP contribution in [0.2, 0.25) is 0 Å². The van der Waals surface area contributed by atoms with Crippen LogP contribution in [0.1, 0.15) is 61.7 Å².